The number of para-hydroxylation sites is 1. The molecule has 0 aliphatic carbocycles. The van der Waals surface area contributed by atoms with Gasteiger partial charge in [-0.15, -0.1) is 0 Å². The number of pyridine rings is 1. The summed E-state index contributed by atoms with van der Waals surface area (Å²) < 4.78 is 11.1. The molecule has 0 fully saturated rings. The summed E-state index contributed by atoms with van der Waals surface area (Å²) in [4.78, 5) is 4.19. The number of anilines is 1. The van der Waals surface area contributed by atoms with Crippen LogP contribution in [0.2, 0.25) is 0 Å². The first-order valence-corrected chi connectivity index (χ1v) is 7.11. The molecular weight excluding hydrogens is 264 g/mol. The highest BCUT2D eigenvalue weighted by atomic mass is 16.5. The first kappa shape index (κ1) is 13.7. The highest BCUT2D eigenvalue weighted by Crippen LogP contribution is 2.37. The van der Waals surface area contributed by atoms with Crippen LogP contribution < -0.4 is 14.8 Å². The van der Waals surface area contributed by atoms with E-state index in [2.05, 4.69) is 42.3 Å². The van der Waals surface area contributed by atoms with Crippen LogP contribution in [0.15, 0.2) is 36.5 Å². The lowest BCUT2D eigenvalue weighted by Crippen LogP contribution is -2.25. The van der Waals surface area contributed by atoms with Gasteiger partial charge in [-0.2, -0.15) is 0 Å². The Kier molecular flexibility index (Phi) is 3.45. The number of ether oxygens (including phenoxy) is 2. The first-order chi connectivity index (χ1) is 10.1. The number of benzene rings is 1. The SMILES string of the molecule is COc1ccc(NCc2cccc3c2OC(C)(C)C3)cn1. The van der Waals surface area contributed by atoms with Crippen molar-refractivity contribution in [3.05, 3.63) is 47.7 Å². The Bertz CT molecular complexity index is 636. The minimum absolute atomic E-state index is 0.111. The lowest BCUT2D eigenvalue weighted by molar-refractivity contribution is 0.137. The van der Waals surface area contributed by atoms with E-state index >= 15 is 0 Å². The molecule has 0 atom stereocenters. The zero-order valence-electron chi connectivity index (χ0n) is 12.6. The molecule has 1 aromatic heterocycles. The number of fused-ring (bicyclic) bond motifs is 1. The number of aromatic nitrogens is 1. The Labute approximate surface area is 125 Å². The van der Waals surface area contributed by atoms with Crippen molar-refractivity contribution in [1.29, 1.82) is 0 Å². The molecule has 0 bridgehead atoms. The van der Waals surface area contributed by atoms with Crippen LogP contribution in [-0.4, -0.2) is 17.7 Å². The van der Waals surface area contributed by atoms with Crippen LogP contribution in [0.5, 0.6) is 11.6 Å². The average Bonchev–Trinajstić information content (AvgIpc) is 2.80. The van der Waals surface area contributed by atoms with Gasteiger partial charge in [-0.3, -0.25) is 0 Å². The summed E-state index contributed by atoms with van der Waals surface area (Å²) in [5.41, 5.74) is 3.31. The van der Waals surface area contributed by atoms with Crippen LogP contribution in [0.1, 0.15) is 25.0 Å². The Morgan fingerprint density at radius 3 is 2.86 bits per heavy atom. The smallest absolute Gasteiger partial charge is 0.213 e. The standard InChI is InChI=1S/C17H20N2O2/c1-17(2)9-12-5-4-6-13(16(12)21-17)10-18-14-7-8-15(20-3)19-11-14/h4-8,11,18H,9-10H2,1-3H3. The van der Waals surface area contributed by atoms with Gasteiger partial charge >= 0.3 is 0 Å². The zero-order chi connectivity index (χ0) is 14.9. The van der Waals surface area contributed by atoms with E-state index in [0.717, 1.165) is 17.9 Å². The maximum Gasteiger partial charge on any atom is 0.213 e. The predicted octanol–water partition coefficient (Wildman–Crippen LogP) is 3.42. The van der Waals surface area contributed by atoms with E-state index in [-0.39, 0.29) is 5.60 Å². The van der Waals surface area contributed by atoms with Gasteiger partial charge in [0.1, 0.15) is 11.4 Å². The number of methoxy groups -OCH3 is 1. The molecule has 0 saturated heterocycles. The van der Waals surface area contributed by atoms with Gasteiger partial charge in [-0.1, -0.05) is 18.2 Å². The molecule has 0 spiro atoms. The third-order valence-corrected chi connectivity index (χ3v) is 3.60. The van der Waals surface area contributed by atoms with Crippen molar-refractivity contribution in [2.45, 2.75) is 32.4 Å². The molecule has 1 aliphatic rings. The van der Waals surface area contributed by atoms with Crippen LogP contribution in [0.3, 0.4) is 0 Å². The molecule has 3 rings (SSSR count). The van der Waals surface area contributed by atoms with Crippen LogP contribution in [0.25, 0.3) is 0 Å². The maximum absolute atomic E-state index is 6.07. The number of hydrogen-bond donors (Lipinski definition) is 1. The molecule has 0 unspecified atom stereocenters. The minimum Gasteiger partial charge on any atom is -0.487 e. The van der Waals surface area contributed by atoms with E-state index in [4.69, 9.17) is 9.47 Å². The second-order valence-electron chi connectivity index (χ2n) is 5.89. The largest absolute Gasteiger partial charge is 0.487 e. The number of rotatable bonds is 4. The van der Waals surface area contributed by atoms with Gasteiger partial charge in [0.15, 0.2) is 0 Å². The maximum atomic E-state index is 6.07. The van der Waals surface area contributed by atoms with Gasteiger partial charge in [0, 0.05) is 24.6 Å². The van der Waals surface area contributed by atoms with Crippen molar-refractivity contribution in [3.63, 3.8) is 0 Å². The van der Waals surface area contributed by atoms with E-state index in [1.807, 2.05) is 12.1 Å². The molecule has 0 amide bonds. The third-order valence-electron chi connectivity index (χ3n) is 3.60. The van der Waals surface area contributed by atoms with Crippen molar-refractivity contribution in [1.82, 2.24) is 4.98 Å². The third kappa shape index (κ3) is 2.94. The number of hydrogen-bond acceptors (Lipinski definition) is 4. The van der Waals surface area contributed by atoms with Crippen LogP contribution in [0, 0.1) is 0 Å². The fourth-order valence-corrected chi connectivity index (χ4v) is 2.62. The highest BCUT2D eigenvalue weighted by Gasteiger charge is 2.31. The normalized spacial score (nSPS) is 15.2. The molecule has 4 heteroatoms. The lowest BCUT2D eigenvalue weighted by Gasteiger charge is -2.18. The van der Waals surface area contributed by atoms with Crippen molar-refractivity contribution in [2.75, 3.05) is 12.4 Å². The van der Waals surface area contributed by atoms with Gasteiger partial charge in [0.25, 0.3) is 0 Å². The summed E-state index contributed by atoms with van der Waals surface area (Å²) in [7, 11) is 1.61. The Hall–Kier alpha value is -2.23. The summed E-state index contributed by atoms with van der Waals surface area (Å²) in [5, 5.41) is 3.37. The van der Waals surface area contributed by atoms with Gasteiger partial charge in [-0.05, 0) is 25.5 Å². The zero-order valence-corrected chi connectivity index (χ0v) is 12.6. The average molecular weight is 284 g/mol. The van der Waals surface area contributed by atoms with Gasteiger partial charge in [-0.25, -0.2) is 4.98 Å². The molecule has 1 aromatic carbocycles. The molecule has 0 radical (unpaired) electrons. The molecule has 2 aromatic rings. The molecule has 110 valence electrons. The summed E-state index contributed by atoms with van der Waals surface area (Å²) in [5.74, 6) is 1.64. The van der Waals surface area contributed by atoms with E-state index in [9.17, 15) is 0 Å². The fourth-order valence-electron chi connectivity index (χ4n) is 2.62. The van der Waals surface area contributed by atoms with Crippen molar-refractivity contribution in [3.8, 4) is 11.6 Å². The predicted molar refractivity (Wildman–Crippen MR) is 83.0 cm³/mol. The minimum atomic E-state index is -0.111. The van der Waals surface area contributed by atoms with E-state index < -0.39 is 0 Å². The Balaban J connectivity index is 1.73. The van der Waals surface area contributed by atoms with Crippen LogP contribution in [0.4, 0.5) is 5.69 Å². The van der Waals surface area contributed by atoms with E-state index in [0.29, 0.717) is 12.4 Å². The Morgan fingerprint density at radius 1 is 1.29 bits per heavy atom. The second kappa shape index (κ2) is 5.28. The van der Waals surface area contributed by atoms with E-state index in [1.165, 1.54) is 11.1 Å². The summed E-state index contributed by atoms with van der Waals surface area (Å²) in [6, 6.07) is 10.1. The van der Waals surface area contributed by atoms with Gasteiger partial charge in [0.2, 0.25) is 5.88 Å². The van der Waals surface area contributed by atoms with E-state index in [1.54, 1.807) is 13.3 Å². The quantitative estimate of drug-likeness (QED) is 0.934. The van der Waals surface area contributed by atoms with Crippen molar-refractivity contribution in [2.24, 2.45) is 0 Å². The first-order valence-electron chi connectivity index (χ1n) is 7.11. The molecule has 21 heavy (non-hydrogen) atoms. The molecule has 2 heterocycles. The molecule has 1 aliphatic heterocycles. The summed E-state index contributed by atoms with van der Waals surface area (Å²) >= 11 is 0. The molecule has 0 saturated carbocycles. The van der Waals surface area contributed by atoms with Crippen LogP contribution in [-0.2, 0) is 13.0 Å². The van der Waals surface area contributed by atoms with Crippen molar-refractivity contribution < 1.29 is 9.47 Å². The molecule has 1 N–H and O–H groups in total. The fraction of sp³-hybridized carbons (Fsp3) is 0.353. The molecular formula is C17H20N2O2. The monoisotopic (exact) mass is 284 g/mol. The number of nitrogens with zero attached hydrogens (tertiary/aromatic N) is 1. The lowest BCUT2D eigenvalue weighted by atomic mass is 10.0. The highest BCUT2D eigenvalue weighted by molar-refractivity contribution is 5.49. The van der Waals surface area contributed by atoms with Gasteiger partial charge in [0.05, 0.1) is 19.0 Å². The summed E-state index contributed by atoms with van der Waals surface area (Å²) in [6.45, 7) is 4.96. The molecule has 4 nitrogen and oxygen atoms in total. The van der Waals surface area contributed by atoms with Crippen molar-refractivity contribution >= 4 is 5.69 Å². The second-order valence-corrected chi connectivity index (χ2v) is 5.89. The van der Waals surface area contributed by atoms with Crippen LogP contribution >= 0.6 is 0 Å². The topological polar surface area (TPSA) is 43.4 Å². The Morgan fingerprint density at radius 2 is 2.14 bits per heavy atom. The summed E-state index contributed by atoms with van der Waals surface area (Å²) in [6.07, 6.45) is 2.73. The van der Waals surface area contributed by atoms with Gasteiger partial charge < -0.3 is 14.8 Å². The number of nitrogens with one attached hydrogen (secondary N) is 1.